The van der Waals surface area contributed by atoms with E-state index in [4.69, 9.17) is 21.1 Å². The van der Waals surface area contributed by atoms with Crippen LogP contribution in [0, 0.1) is 6.92 Å². The predicted octanol–water partition coefficient (Wildman–Crippen LogP) is 3.67. The number of ether oxygens (including phenoxy) is 2. The van der Waals surface area contributed by atoms with Crippen molar-refractivity contribution in [2.75, 3.05) is 23.9 Å². The van der Waals surface area contributed by atoms with Crippen LogP contribution in [0.4, 0.5) is 5.69 Å². The number of anilines is 1. The third-order valence-electron chi connectivity index (χ3n) is 3.12. The molecule has 1 rings (SSSR count). The molecule has 0 radical (unpaired) electrons. The molecule has 0 aliphatic heterocycles. The van der Waals surface area contributed by atoms with Crippen LogP contribution >= 0.6 is 23.4 Å². The number of aryl methyl sites for hydroxylation is 1. The van der Waals surface area contributed by atoms with E-state index in [0.29, 0.717) is 16.5 Å². The van der Waals surface area contributed by atoms with Crippen LogP contribution < -0.4 is 10.1 Å². The van der Waals surface area contributed by atoms with Gasteiger partial charge in [-0.3, -0.25) is 9.59 Å². The van der Waals surface area contributed by atoms with Crippen LogP contribution in [0.15, 0.2) is 12.1 Å². The molecule has 0 heterocycles. The number of hydrogen-bond acceptors (Lipinski definition) is 5. The maximum absolute atomic E-state index is 12.0. The van der Waals surface area contributed by atoms with Gasteiger partial charge in [0.25, 0.3) is 0 Å². The SMILES string of the molecule is CCC(C)OC(=O)CSCC(=O)Nc1cc(C)c(Cl)cc1OC. The molecule has 23 heavy (non-hydrogen) atoms. The first-order valence-electron chi connectivity index (χ1n) is 7.28. The van der Waals surface area contributed by atoms with Gasteiger partial charge in [0.1, 0.15) is 5.75 Å². The molecule has 0 aliphatic rings. The van der Waals surface area contributed by atoms with E-state index in [2.05, 4.69) is 5.32 Å². The number of methoxy groups -OCH3 is 1. The molecule has 1 unspecified atom stereocenters. The summed E-state index contributed by atoms with van der Waals surface area (Å²) in [5, 5.41) is 3.33. The maximum Gasteiger partial charge on any atom is 0.316 e. The fraction of sp³-hybridized carbons (Fsp3) is 0.500. The summed E-state index contributed by atoms with van der Waals surface area (Å²) in [6, 6.07) is 3.41. The Morgan fingerprint density at radius 3 is 2.65 bits per heavy atom. The Labute approximate surface area is 146 Å². The van der Waals surface area contributed by atoms with Gasteiger partial charge in [-0.1, -0.05) is 18.5 Å². The normalized spacial score (nSPS) is 11.7. The number of amides is 1. The average Bonchev–Trinajstić information content (AvgIpc) is 2.50. The van der Waals surface area contributed by atoms with Crippen LogP contribution in [-0.4, -0.2) is 36.6 Å². The van der Waals surface area contributed by atoms with Gasteiger partial charge in [0.2, 0.25) is 5.91 Å². The van der Waals surface area contributed by atoms with Gasteiger partial charge in [-0.05, 0) is 31.9 Å². The molecule has 0 aliphatic carbocycles. The lowest BCUT2D eigenvalue weighted by Crippen LogP contribution is -2.19. The summed E-state index contributed by atoms with van der Waals surface area (Å²) >= 11 is 7.23. The van der Waals surface area contributed by atoms with E-state index in [1.807, 2.05) is 20.8 Å². The first kappa shape index (κ1) is 19.6. The Balaban J connectivity index is 2.48. The lowest BCUT2D eigenvalue weighted by Gasteiger charge is -2.12. The molecule has 1 N–H and O–H groups in total. The van der Waals surface area contributed by atoms with Crippen LogP contribution in [-0.2, 0) is 14.3 Å². The molecule has 1 atom stereocenters. The highest BCUT2D eigenvalue weighted by Crippen LogP contribution is 2.30. The number of nitrogens with one attached hydrogen (secondary N) is 1. The van der Waals surface area contributed by atoms with Crippen molar-refractivity contribution in [1.82, 2.24) is 0 Å². The fourth-order valence-corrected chi connectivity index (χ4v) is 2.43. The number of rotatable bonds is 8. The molecular formula is C16H22ClNO4S. The van der Waals surface area contributed by atoms with E-state index in [-0.39, 0.29) is 29.5 Å². The first-order valence-corrected chi connectivity index (χ1v) is 8.81. The van der Waals surface area contributed by atoms with E-state index in [1.54, 1.807) is 12.1 Å². The van der Waals surface area contributed by atoms with Crippen molar-refractivity contribution in [3.05, 3.63) is 22.7 Å². The van der Waals surface area contributed by atoms with Gasteiger partial charge >= 0.3 is 5.97 Å². The minimum Gasteiger partial charge on any atom is -0.495 e. The average molecular weight is 360 g/mol. The Morgan fingerprint density at radius 1 is 1.35 bits per heavy atom. The molecule has 0 spiro atoms. The van der Waals surface area contributed by atoms with Gasteiger partial charge in [0.05, 0.1) is 30.4 Å². The summed E-state index contributed by atoms with van der Waals surface area (Å²) in [6.07, 6.45) is 0.672. The van der Waals surface area contributed by atoms with Crippen LogP contribution in [0.3, 0.4) is 0 Å². The zero-order valence-corrected chi connectivity index (χ0v) is 15.3. The summed E-state index contributed by atoms with van der Waals surface area (Å²) in [4.78, 5) is 23.5. The molecule has 0 bridgehead atoms. The van der Waals surface area contributed by atoms with Crippen molar-refractivity contribution in [2.24, 2.45) is 0 Å². The molecule has 128 valence electrons. The molecule has 5 nitrogen and oxygen atoms in total. The Bertz CT molecular complexity index is 565. The van der Waals surface area contributed by atoms with Gasteiger partial charge in [-0.25, -0.2) is 0 Å². The van der Waals surface area contributed by atoms with E-state index >= 15 is 0 Å². The lowest BCUT2D eigenvalue weighted by molar-refractivity contribution is -0.144. The van der Waals surface area contributed by atoms with Crippen molar-refractivity contribution in [3.63, 3.8) is 0 Å². The number of carbonyl (C=O) groups is 2. The standard InChI is InChI=1S/C16H22ClNO4S/c1-5-11(3)22-16(20)9-23-8-15(19)18-13-6-10(2)12(17)7-14(13)21-4/h6-7,11H,5,8-9H2,1-4H3,(H,18,19). The fourth-order valence-electron chi connectivity index (χ4n) is 1.68. The molecule has 0 saturated heterocycles. The smallest absolute Gasteiger partial charge is 0.316 e. The van der Waals surface area contributed by atoms with Gasteiger partial charge in [-0.2, -0.15) is 0 Å². The summed E-state index contributed by atoms with van der Waals surface area (Å²) in [7, 11) is 1.51. The van der Waals surface area contributed by atoms with Crippen molar-refractivity contribution in [1.29, 1.82) is 0 Å². The minimum absolute atomic E-state index is 0.0989. The van der Waals surface area contributed by atoms with Gasteiger partial charge in [0.15, 0.2) is 0 Å². The minimum atomic E-state index is -0.308. The summed E-state index contributed by atoms with van der Waals surface area (Å²) in [5.41, 5.74) is 1.40. The lowest BCUT2D eigenvalue weighted by atomic mass is 10.2. The monoisotopic (exact) mass is 359 g/mol. The van der Waals surface area contributed by atoms with Crippen LogP contribution in [0.2, 0.25) is 5.02 Å². The van der Waals surface area contributed by atoms with E-state index in [9.17, 15) is 9.59 Å². The summed E-state index contributed by atoms with van der Waals surface area (Å²) < 4.78 is 10.3. The third-order valence-corrected chi connectivity index (χ3v) is 4.43. The molecule has 0 aromatic heterocycles. The molecular weight excluding hydrogens is 338 g/mol. The van der Waals surface area contributed by atoms with Crippen molar-refractivity contribution < 1.29 is 19.1 Å². The highest BCUT2D eigenvalue weighted by atomic mass is 35.5. The second kappa shape index (κ2) is 9.67. The second-order valence-electron chi connectivity index (χ2n) is 5.05. The van der Waals surface area contributed by atoms with Crippen LogP contribution in [0.5, 0.6) is 5.75 Å². The van der Waals surface area contributed by atoms with E-state index in [0.717, 1.165) is 12.0 Å². The first-order chi connectivity index (χ1) is 10.9. The molecule has 0 saturated carbocycles. The number of benzene rings is 1. The number of esters is 1. The zero-order valence-electron chi connectivity index (χ0n) is 13.8. The molecule has 1 aromatic carbocycles. The molecule has 1 aromatic rings. The number of carbonyl (C=O) groups excluding carboxylic acids is 2. The highest BCUT2D eigenvalue weighted by Gasteiger charge is 2.12. The van der Waals surface area contributed by atoms with E-state index in [1.165, 1.54) is 18.9 Å². The topological polar surface area (TPSA) is 64.6 Å². The van der Waals surface area contributed by atoms with Gasteiger partial charge in [-0.15, -0.1) is 11.8 Å². The zero-order chi connectivity index (χ0) is 17.4. The third kappa shape index (κ3) is 6.71. The highest BCUT2D eigenvalue weighted by molar-refractivity contribution is 8.00. The number of hydrogen-bond donors (Lipinski definition) is 1. The predicted molar refractivity (Wildman–Crippen MR) is 94.5 cm³/mol. The Morgan fingerprint density at radius 2 is 2.04 bits per heavy atom. The Hall–Kier alpha value is -1.40. The largest absolute Gasteiger partial charge is 0.495 e. The van der Waals surface area contributed by atoms with Crippen molar-refractivity contribution >= 4 is 40.9 Å². The van der Waals surface area contributed by atoms with Gasteiger partial charge < -0.3 is 14.8 Å². The summed E-state index contributed by atoms with van der Waals surface area (Å²) in [6.45, 7) is 5.63. The van der Waals surface area contributed by atoms with Crippen molar-refractivity contribution in [3.8, 4) is 5.75 Å². The number of halogens is 1. The van der Waals surface area contributed by atoms with Crippen LogP contribution in [0.25, 0.3) is 0 Å². The molecule has 1 amide bonds. The second-order valence-corrected chi connectivity index (χ2v) is 6.44. The quantitative estimate of drug-likeness (QED) is 0.717. The van der Waals surface area contributed by atoms with E-state index < -0.39 is 0 Å². The maximum atomic E-state index is 12.0. The summed E-state index contributed by atoms with van der Waals surface area (Å²) in [5.74, 6) is 0.271. The number of thioether (sulfide) groups is 1. The molecule has 7 heteroatoms. The Kier molecular flexibility index (Phi) is 8.26. The molecule has 0 fully saturated rings. The van der Waals surface area contributed by atoms with Crippen molar-refractivity contribution in [2.45, 2.75) is 33.3 Å². The van der Waals surface area contributed by atoms with Gasteiger partial charge in [0, 0.05) is 11.1 Å². The van der Waals surface area contributed by atoms with Crippen LogP contribution in [0.1, 0.15) is 25.8 Å².